The fraction of sp³-hybridized carbons (Fsp3) is 0.233. The van der Waals surface area contributed by atoms with Crippen molar-refractivity contribution in [3.05, 3.63) is 130 Å². The topological polar surface area (TPSA) is 119 Å². The molecular weight excluding hydrogens is 667 g/mol. The van der Waals surface area contributed by atoms with Crippen molar-refractivity contribution in [3.8, 4) is 17.2 Å². The Hall–Kier alpha value is -6.29. The predicted octanol–water partition coefficient (Wildman–Crippen LogP) is 7.66. The van der Waals surface area contributed by atoms with E-state index in [1.54, 1.807) is 19.2 Å². The van der Waals surface area contributed by atoms with Gasteiger partial charge in [-0.15, -0.1) is 0 Å². The quantitative estimate of drug-likeness (QED) is 0.167. The molecule has 0 bridgehead atoms. The van der Waals surface area contributed by atoms with Gasteiger partial charge in [-0.2, -0.15) is 0 Å². The van der Waals surface area contributed by atoms with Crippen molar-refractivity contribution < 1.29 is 23.8 Å². The lowest BCUT2D eigenvalue weighted by Gasteiger charge is -2.22. The van der Waals surface area contributed by atoms with Crippen molar-refractivity contribution in [1.29, 1.82) is 0 Å². The highest BCUT2D eigenvalue weighted by Crippen LogP contribution is 2.42. The van der Waals surface area contributed by atoms with Crippen LogP contribution in [-0.4, -0.2) is 43.8 Å². The number of hydrogen-bond acceptors (Lipinski definition) is 8. The minimum Gasteiger partial charge on any atom is -0.493 e. The molecule has 3 N–H and O–H groups in total. The summed E-state index contributed by atoms with van der Waals surface area (Å²) in [6.45, 7) is 3.08. The second kappa shape index (κ2) is 13.4. The van der Waals surface area contributed by atoms with E-state index in [0.29, 0.717) is 46.3 Å². The molecule has 10 nitrogen and oxygen atoms in total. The van der Waals surface area contributed by atoms with Crippen molar-refractivity contribution in [2.24, 2.45) is 4.99 Å². The SMILES string of the molecule is C.COc1cc2c(cc1OCc1cc(N)cc(COc3cc4c(cc3C)C(=O)N3c5ccccc5C[C@H]3CN4)c1)N=C[C@@H]1Cc3ccccc3N1C2=O. The van der Waals surface area contributed by atoms with E-state index in [1.165, 1.54) is 5.56 Å². The fourth-order valence-electron chi connectivity index (χ4n) is 7.89. The van der Waals surface area contributed by atoms with Gasteiger partial charge in [0.15, 0.2) is 11.5 Å². The van der Waals surface area contributed by atoms with Gasteiger partial charge in [0.1, 0.15) is 19.0 Å². The molecule has 0 aromatic heterocycles. The number of nitrogens with two attached hydrogens (primary N) is 1. The van der Waals surface area contributed by atoms with Crippen molar-refractivity contribution in [1.82, 2.24) is 0 Å². The van der Waals surface area contributed by atoms with Crippen LogP contribution >= 0.6 is 0 Å². The number of fused-ring (bicyclic) bond motifs is 8. The minimum absolute atomic E-state index is 0. The number of benzene rings is 5. The van der Waals surface area contributed by atoms with Gasteiger partial charge in [0.2, 0.25) is 0 Å². The maximum Gasteiger partial charge on any atom is 0.261 e. The molecule has 2 atom stereocenters. The van der Waals surface area contributed by atoms with Gasteiger partial charge >= 0.3 is 0 Å². The number of hydrogen-bond donors (Lipinski definition) is 2. The van der Waals surface area contributed by atoms with Crippen LogP contribution in [0.1, 0.15) is 56.0 Å². The highest BCUT2D eigenvalue weighted by Gasteiger charge is 2.38. The second-order valence-electron chi connectivity index (χ2n) is 13.7. The predicted molar refractivity (Wildman–Crippen MR) is 209 cm³/mol. The van der Waals surface area contributed by atoms with Gasteiger partial charge in [-0.25, -0.2) is 0 Å². The minimum atomic E-state index is -0.148. The van der Waals surface area contributed by atoms with E-state index >= 15 is 0 Å². The van der Waals surface area contributed by atoms with Crippen LogP contribution in [-0.2, 0) is 26.1 Å². The third-order valence-electron chi connectivity index (χ3n) is 10.4. The van der Waals surface area contributed by atoms with E-state index in [9.17, 15) is 9.59 Å². The smallest absolute Gasteiger partial charge is 0.261 e. The van der Waals surface area contributed by atoms with E-state index in [4.69, 9.17) is 24.9 Å². The average Bonchev–Trinajstić information content (AvgIpc) is 3.64. The summed E-state index contributed by atoms with van der Waals surface area (Å²) < 4.78 is 18.3. The third-order valence-corrected chi connectivity index (χ3v) is 10.4. The first-order valence-electron chi connectivity index (χ1n) is 17.5. The van der Waals surface area contributed by atoms with Crippen molar-refractivity contribution in [2.45, 2.75) is 52.5 Å². The molecule has 4 heterocycles. The van der Waals surface area contributed by atoms with Gasteiger partial charge in [0.25, 0.3) is 11.8 Å². The number of aryl methyl sites for hydroxylation is 1. The molecule has 5 aromatic carbocycles. The third kappa shape index (κ3) is 5.90. The Morgan fingerprint density at radius 1 is 0.774 bits per heavy atom. The first-order chi connectivity index (χ1) is 25.3. The number of rotatable bonds is 7. The Kier molecular flexibility index (Phi) is 8.53. The van der Waals surface area contributed by atoms with Gasteiger partial charge in [-0.1, -0.05) is 43.8 Å². The zero-order valence-corrected chi connectivity index (χ0v) is 28.9. The Morgan fingerprint density at radius 3 is 2.17 bits per heavy atom. The molecule has 0 spiro atoms. The molecule has 0 saturated heterocycles. The largest absolute Gasteiger partial charge is 0.493 e. The number of anilines is 4. The van der Waals surface area contributed by atoms with Crippen LogP contribution in [0.5, 0.6) is 17.2 Å². The molecule has 0 unspecified atom stereocenters. The first kappa shape index (κ1) is 33.8. The molecule has 0 aliphatic carbocycles. The van der Waals surface area contributed by atoms with Gasteiger partial charge < -0.3 is 30.2 Å². The van der Waals surface area contributed by atoms with E-state index in [1.807, 2.05) is 89.7 Å². The number of aliphatic imine (C=N–C) groups is 1. The highest BCUT2D eigenvalue weighted by molar-refractivity contribution is 6.15. The molecule has 268 valence electrons. The number of ether oxygens (including phenoxy) is 3. The second-order valence-corrected chi connectivity index (χ2v) is 13.7. The lowest BCUT2D eigenvalue weighted by Crippen LogP contribution is -2.39. The van der Waals surface area contributed by atoms with Gasteiger partial charge in [0.05, 0.1) is 41.7 Å². The van der Waals surface area contributed by atoms with Crippen LogP contribution in [0.25, 0.3) is 0 Å². The van der Waals surface area contributed by atoms with E-state index in [-0.39, 0.29) is 44.5 Å². The molecule has 0 fully saturated rings. The summed E-state index contributed by atoms with van der Waals surface area (Å²) in [5.41, 5.74) is 16.1. The Balaban J connectivity index is 0.00000400. The molecule has 9 rings (SSSR count). The molecule has 4 aliphatic rings. The molecule has 0 radical (unpaired) electrons. The number of carbonyl (C=O) groups excluding carboxylic acids is 2. The van der Waals surface area contributed by atoms with E-state index in [0.717, 1.165) is 52.2 Å². The summed E-state index contributed by atoms with van der Waals surface area (Å²) in [5.74, 6) is 1.48. The zero-order valence-electron chi connectivity index (χ0n) is 28.9. The van der Waals surface area contributed by atoms with Gasteiger partial charge in [-0.05, 0) is 83.6 Å². The first-order valence-corrected chi connectivity index (χ1v) is 17.5. The number of carbonyl (C=O) groups is 2. The van der Waals surface area contributed by atoms with Gasteiger partial charge in [-0.3, -0.25) is 19.5 Å². The summed E-state index contributed by atoms with van der Waals surface area (Å²) in [6.07, 6.45) is 3.39. The van der Waals surface area contributed by atoms with Crippen molar-refractivity contribution >= 4 is 46.5 Å². The van der Waals surface area contributed by atoms with E-state index < -0.39 is 0 Å². The van der Waals surface area contributed by atoms with Crippen LogP contribution in [0.3, 0.4) is 0 Å². The summed E-state index contributed by atoms with van der Waals surface area (Å²) in [4.78, 5) is 36.0. The van der Waals surface area contributed by atoms with Crippen LogP contribution < -0.4 is 35.1 Å². The van der Waals surface area contributed by atoms with Crippen molar-refractivity contribution in [3.63, 3.8) is 0 Å². The Labute approximate surface area is 308 Å². The molecular formula is C43H41N5O5. The summed E-state index contributed by atoms with van der Waals surface area (Å²) in [7, 11) is 1.56. The number of para-hydroxylation sites is 2. The van der Waals surface area contributed by atoms with Crippen LogP contribution in [0.15, 0.2) is 96.0 Å². The average molecular weight is 708 g/mol. The number of nitrogen functional groups attached to an aromatic ring is 1. The lowest BCUT2D eigenvalue weighted by molar-refractivity contribution is 0.0977. The summed E-state index contributed by atoms with van der Waals surface area (Å²) in [6, 6.07) is 29.0. The monoisotopic (exact) mass is 707 g/mol. The highest BCUT2D eigenvalue weighted by atomic mass is 16.5. The molecule has 10 heteroatoms. The lowest BCUT2D eigenvalue weighted by atomic mass is 10.1. The Bertz CT molecular complexity index is 2320. The number of methoxy groups -OCH3 is 1. The standard InChI is InChI=1S/C42H37N5O5.CH4/c1-24-11-32-34(44-20-30-15-27-7-3-5-9-36(27)46(30)41(32)48)18-38(24)51-22-25-12-26(14-29(43)13-25)23-52-40-19-35-33(17-39(40)50-2)42(49)47-31(21-45-35)16-28-8-4-6-10-37(28)47;/h3-14,17-19,21,30-31,44H,15-16,20,22-23,43H2,1-2H3;1H4/t30-,31-;/m0./s1. The van der Waals surface area contributed by atoms with Crippen LogP contribution in [0, 0.1) is 6.92 Å². The van der Waals surface area contributed by atoms with Crippen LogP contribution in [0.2, 0.25) is 0 Å². The summed E-state index contributed by atoms with van der Waals surface area (Å²) >= 11 is 0. The van der Waals surface area contributed by atoms with E-state index in [2.05, 4.69) is 17.4 Å². The van der Waals surface area contributed by atoms with Crippen LogP contribution in [0.4, 0.5) is 28.4 Å². The van der Waals surface area contributed by atoms with Gasteiger partial charge in [0, 0.05) is 48.4 Å². The molecule has 4 aliphatic heterocycles. The number of nitrogens with zero attached hydrogens (tertiary/aromatic N) is 3. The number of nitrogens with one attached hydrogen (secondary N) is 1. The maximum atomic E-state index is 13.8. The molecule has 53 heavy (non-hydrogen) atoms. The Morgan fingerprint density at radius 2 is 1.43 bits per heavy atom. The fourth-order valence-corrected chi connectivity index (χ4v) is 7.89. The molecule has 2 amide bonds. The summed E-state index contributed by atoms with van der Waals surface area (Å²) in [5, 5.41) is 3.51. The zero-order chi connectivity index (χ0) is 35.5. The molecule has 0 saturated carbocycles. The van der Waals surface area contributed by atoms with Crippen molar-refractivity contribution in [2.75, 3.05) is 34.5 Å². The number of amides is 2. The normalized spacial score (nSPS) is 17.5. The maximum absolute atomic E-state index is 13.8. The molecule has 5 aromatic rings.